The van der Waals surface area contributed by atoms with Crippen LogP contribution in [0.3, 0.4) is 0 Å². The maximum absolute atomic E-state index is 2.86. The first kappa shape index (κ1) is 46.0. The van der Waals surface area contributed by atoms with Crippen LogP contribution in [0.4, 0.5) is 34.1 Å². The molecule has 4 heteroatoms. The average Bonchev–Trinajstić information content (AvgIpc) is 3.65. The van der Waals surface area contributed by atoms with Crippen LogP contribution in [0.25, 0.3) is 22.3 Å². The molecule has 3 heterocycles. The van der Waals surface area contributed by atoms with E-state index >= 15 is 0 Å². The van der Waals surface area contributed by atoms with Crippen molar-refractivity contribution >= 4 is 86.0 Å². The number of hydrogen-bond donors (Lipinski definition) is 0. The van der Waals surface area contributed by atoms with Gasteiger partial charge in [-0.2, -0.15) is 0 Å². The van der Waals surface area contributed by atoms with Crippen LogP contribution >= 0.6 is 0 Å². The Kier molecular flexibility index (Phi) is 10.5. The lowest BCUT2D eigenvalue weighted by molar-refractivity contribution is 0.569. The molecule has 9 aromatic rings. The Labute approximate surface area is 430 Å². The van der Waals surface area contributed by atoms with Crippen LogP contribution in [-0.4, -0.2) is 14.8 Å². The summed E-state index contributed by atoms with van der Waals surface area (Å²) in [5.41, 5.74) is 22.9. The molecular formula is C68H65BN2Si. The highest BCUT2D eigenvalue weighted by atomic mass is 28.3. The fourth-order valence-electron chi connectivity index (χ4n) is 12.4. The summed E-state index contributed by atoms with van der Waals surface area (Å²) in [5, 5.41) is 5.75. The van der Waals surface area contributed by atoms with Gasteiger partial charge in [-0.15, -0.1) is 0 Å². The number of aryl methyl sites for hydroxylation is 2. The number of benzene rings is 9. The Morgan fingerprint density at radius 3 is 1.51 bits per heavy atom. The molecule has 0 spiro atoms. The van der Waals surface area contributed by atoms with E-state index in [9.17, 15) is 0 Å². The van der Waals surface area contributed by atoms with Crippen LogP contribution in [0.1, 0.15) is 90.1 Å². The van der Waals surface area contributed by atoms with E-state index in [1.165, 1.54) is 121 Å². The topological polar surface area (TPSA) is 6.48 Å². The Morgan fingerprint density at radius 1 is 0.361 bits per heavy atom. The van der Waals surface area contributed by atoms with Gasteiger partial charge in [0.05, 0.1) is 5.69 Å². The fourth-order valence-corrected chi connectivity index (χ4v) is 17.6. The Balaban J connectivity index is 1.24. The van der Waals surface area contributed by atoms with Crippen molar-refractivity contribution in [2.75, 3.05) is 9.80 Å². The van der Waals surface area contributed by atoms with E-state index in [1.54, 1.807) is 0 Å². The summed E-state index contributed by atoms with van der Waals surface area (Å²) in [5.74, 6) is 0. The maximum atomic E-state index is 2.71. The first-order valence-electron chi connectivity index (χ1n) is 26.0. The van der Waals surface area contributed by atoms with Crippen LogP contribution in [-0.2, 0) is 16.2 Å². The number of anilines is 6. The van der Waals surface area contributed by atoms with E-state index in [4.69, 9.17) is 0 Å². The predicted molar refractivity (Wildman–Crippen MR) is 314 cm³/mol. The first-order valence-corrected chi connectivity index (χ1v) is 28.0. The van der Waals surface area contributed by atoms with Crippen molar-refractivity contribution in [1.82, 2.24) is 0 Å². The quantitative estimate of drug-likeness (QED) is 0.159. The molecular weight excluding hydrogens is 884 g/mol. The third kappa shape index (κ3) is 7.12. The smallest absolute Gasteiger partial charge is 0.252 e. The summed E-state index contributed by atoms with van der Waals surface area (Å²) in [7, 11) is -2.86. The molecule has 0 bridgehead atoms. The van der Waals surface area contributed by atoms with E-state index in [-0.39, 0.29) is 23.0 Å². The number of fused-ring (bicyclic) bond motifs is 7. The van der Waals surface area contributed by atoms with Gasteiger partial charge in [0.2, 0.25) is 0 Å². The molecule has 0 aromatic heterocycles. The molecule has 0 radical (unpaired) electrons. The van der Waals surface area contributed by atoms with Gasteiger partial charge in [-0.05, 0) is 160 Å². The molecule has 12 rings (SSSR count). The summed E-state index contributed by atoms with van der Waals surface area (Å²) in [6.07, 6.45) is 0. The minimum atomic E-state index is -2.86. The van der Waals surface area contributed by atoms with Gasteiger partial charge in [0, 0.05) is 34.0 Å². The Hall–Kier alpha value is -7.14. The number of rotatable bonds is 5. The van der Waals surface area contributed by atoms with Crippen molar-refractivity contribution in [3.8, 4) is 22.3 Å². The molecule has 0 amide bonds. The fraction of sp³-hybridized carbons (Fsp3) is 0.206. The van der Waals surface area contributed by atoms with Gasteiger partial charge >= 0.3 is 0 Å². The van der Waals surface area contributed by atoms with Gasteiger partial charge in [-0.1, -0.05) is 208 Å². The van der Waals surface area contributed by atoms with Crippen molar-refractivity contribution in [3.05, 3.63) is 222 Å². The van der Waals surface area contributed by atoms with Gasteiger partial charge in [-0.3, -0.25) is 0 Å². The van der Waals surface area contributed by atoms with Crippen molar-refractivity contribution < 1.29 is 0 Å². The second-order valence-electron chi connectivity index (χ2n) is 24.0. The SMILES string of the molecule is Cc1ccc2c(c1)N(c1cc(C(C)(C)C)cc(C(C)(C)C)c1)c1cc(C)cc3c1B2c1cc2c(cc1N3c1ccc(C(C)(C)C)cc1-c1ccccc1)-c1ccccc1[Si]2(c1ccccc1)c1ccccc1. The molecule has 3 aliphatic heterocycles. The normalized spacial score (nSPS) is 14.3. The minimum Gasteiger partial charge on any atom is -0.311 e. The van der Waals surface area contributed by atoms with Gasteiger partial charge in [0.15, 0.2) is 8.07 Å². The summed E-state index contributed by atoms with van der Waals surface area (Å²) in [4.78, 5) is 5.31. The maximum Gasteiger partial charge on any atom is 0.252 e. The second kappa shape index (κ2) is 16.4. The molecule has 0 aliphatic carbocycles. The lowest BCUT2D eigenvalue weighted by Gasteiger charge is -2.45. The van der Waals surface area contributed by atoms with Crippen LogP contribution in [0.2, 0.25) is 0 Å². The lowest BCUT2D eigenvalue weighted by Crippen LogP contribution is -2.73. The van der Waals surface area contributed by atoms with E-state index in [1.807, 2.05) is 0 Å². The molecule has 0 unspecified atom stereocenters. The molecule has 0 N–H and O–H groups in total. The Morgan fingerprint density at radius 2 is 0.903 bits per heavy atom. The van der Waals surface area contributed by atoms with Gasteiger partial charge < -0.3 is 9.80 Å². The van der Waals surface area contributed by atoms with Crippen LogP contribution in [0, 0.1) is 13.8 Å². The third-order valence-corrected chi connectivity index (χ3v) is 20.9. The number of hydrogen-bond acceptors (Lipinski definition) is 2. The molecule has 0 saturated heterocycles. The van der Waals surface area contributed by atoms with E-state index in [2.05, 4.69) is 280 Å². The van der Waals surface area contributed by atoms with Crippen molar-refractivity contribution in [2.24, 2.45) is 0 Å². The minimum absolute atomic E-state index is 0.0390. The zero-order chi connectivity index (χ0) is 50.1. The predicted octanol–water partition coefficient (Wildman–Crippen LogP) is 13.3. The molecule has 72 heavy (non-hydrogen) atoms. The van der Waals surface area contributed by atoms with E-state index in [0.717, 1.165) is 0 Å². The Bertz CT molecular complexity index is 3540. The highest BCUT2D eigenvalue weighted by Gasteiger charge is 2.52. The standard InChI is InChI=1S/C68H65BN2Si/c1-44-31-33-56-59(35-44)70(50-39-48(67(6,7)8)38-49(40-50)68(9,10)11)61-36-45(2)37-62-65(61)69(56)57-43-64-55(42-60(57)71(62)58-34-32-47(66(3,4)5)41-54(58)46-23-15-12-16-24-46)53-29-21-22-30-63(53)72(64,51-25-17-13-18-26-51)52-27-19-14-20-28-52/h12-43H,1-11H3. The van der Waals surface area contributed by atoms with E-state index < -0.39 is 8.07 Å². The van der Waals surface area contributed by atoms with Gasteiger partial charge in [-0.25, -0.2) is 0 Å². The molecule has 3 aliphatic rings. The van der Waals surface area contributed by atoms with Crippen LogP contribution in [0.15, 0.2) is 194 Å². The van der Waals surface area contributed by atoms with Gasteiger partial charge in [0.25, 0.3) is 6.71 Å². The molecule has 2 nitrogen and oxygen atoms in total. The molecule has 0 atom stereocenters. The lowest BCUT2D eigenvalue weighted by atomic mass is 9.33. The third-order valence-electron chi connectivity index (χ3n) is 16.0. The van der Waals surface area contributed by atoms with Crippen molar-refractivity contribution in [2.45, 2.75) is 92.4 Å². The largest absolute Gasteiger partial charge is 0.311 e. The average molecular weight is 949 g/mol. The zero-order valence-corrected chi connectivity index (χ0v) is 44.9. The van der Waals surface area contributed by atoms with Crippen molar-refractivity contribution in [1.29, 1.82) is 0 Å². The summed E-state index contributed by atoms with van der Waals surface area (Å²) in [6, 6.07) is 75.7. The molecule has 354 valence electrons. The van der Waals surface area contributed by atoms with E-state index in [0.29, 0.717) is 0 Å². The highest BCUT2D eigenvalue weighted by molar-refractivity contribution is 7.22. The molecule has 0 saturated carbocycles. The van der Waals surface area contributed by atoms with Crippen LogP contribution < -0.4 is 46.9 Å². The molecule has 9 aromatic carbocycles. The molecule has 0 fully saturated rings. The highest BCUT2D eigenvalue weighted by Crippen LogP contribution is 2.49. The summed E-state index contributed by atoms with van der Waals surface area (Å²) in [6.45, 7) is 25.6. The zero-order valence-electron chi connectivity index (χ0n) is 43.9. The van der Waals surface area contributed by atoms with Crippen LogP contribution in [0.5, 0.6) is 0 Å². The monoisotopic (exact) mass is 949 g/mol. The summed E-state index contributed by atoms with van der Waals surface area (Å²) < 4.78 is 0. The van der Waals surface area contributed by atoms with Crippen molar-refractivity contribution in [3.63, 3.8) is 0 Å². The first-order chi connectivity index (χ1) is 34.4. The number of nitrogens with zero attached hydrogens (tertiary/aromatic N) is 2. The summed E-state index contributed by atoms with van der Waals surface area (Å²) >= 11 is 0. The van der Waals surface area contributed by atoms with Gasteiger partial charge in [0.1, 0.15) is 0 Å². The second-order valence-corrected chi connectivity index (χ2v) is 27.7.